The topological polar surface area (TPSA) is 90.9 Å². The fourth-order valence-corrected chi connectivity index (χ4v) is 7.49. The van der Waals surface area contributed by atoms with E-state index < -0.39 is 0 Å². The minimum absolute atomic E-state index is 0.00681. The third kappa shape index (κ3) is 7.08. The molecule has 43 heavy (non-hydrogen) atoms. The zero-order valence-corrected chi connectivity index (χ0v) is 26.1. The number of anilines is 1. The number of piperazine rings is 1. The summed E-state index contributed by atoms with van der Waals surface area (Å²) >= 11 is 1.53. The van der Waals surface area contributed by atoms with Crippen molar-refractivity contribution in [2.45, 2.75) is 51.0 Å². The van der Waals surface area contributed by atoms with E-state index in [0.717, 1.165) is 73.9 Å². The summed E-state index contributed by atoms with van der Waals surface area (Å²) in [6.45, 7) is 5.58. The van der Waals surface area contributed by atoms with Crippen molar-refractivity contribution >= 4 is 28.8 Å². The Labute approximate surface area is 258 Å². The van der Waals surface area contributed by atoms with Crippen molar-refractivity contribution in [2.75, 3.05) is 58.7 Å². The minimum atomic E-state index is 0.00681. The first-order valence-corrected chi connectivity index (χ1v) is 16.5. The molecule has 2 aliphatic heterocycles. The molecule has 3 aliphatic rings. The number of methoxy groups -OCH3 is 1. The largest absolute Gasteiger partial charge is 0.496 e. The first kappa shape index (κ1) is 29.7. The second-order valence-corrected chi connectivity index (χ2v) is 13.1. The molecule has 0 unspecified atom stereocenters. The van der Waals surface area contributed by atoms with Gasteiger partial charge in [-0.15, -0.1) is 11.3 Å². The number of piperidine rings is 1. The van der Waals surface area contributed by atoms with Crippen LogP contribution in [0.15, 0.2) is 42.0 Å². The second-order valence-electron chi connectivity index (χ2n) is 12.2. The normalized spacial score (nSPS) is 19.1. The highest BCUT2D eigenvalue weighted by molar-refractivity contribution is 7.14. The molecule has 2 aromatic heterocycles. The van der Waals surface area contributed by atoms with E-state index in [-0.39, 0.29) is 11.8 Å². The van der Waals surface area contributed by atoms with Crippen LogP contribution in [0.4, 0.5) is 5.69 Å². The van der Waals surface area contributed by atoms with Crippen LogP contribution in [-0.4, -0.2) is 95.9 Å². The number of nitrogens with zero attached hydrogens (tertiary/aromatic N) is 5. The van der Waals surface area contributed by atoms with Gasteiger partial charge in [-0.25, -0.2) is 4.98 Å². The van der Waals surface area contributed by atoms with Crippen LogP contribution in [0.2, 0.25) is 0 Å². The van der Waals surface area contributed by atoms with Crippen LogP contribution in [0.5, 0.6) is 5.75 Å². The average molecular weight is 603 g/mol. The lowest BCUT2D eigenvalue weighted by Gasteiger charge is -2.42. The van der Waals surface area contributed by atoms with E-state index in [0.29, 0.717) is 35.4 Å². The van der Waals surface area contributed by atoms with Crippen LogP contribution in [0.3, 0.4) is 0 Å². The van der Waals surface area contributed by atoms with E-state index in [1.54, 1.807) is 19.5 Å². The number of carbonyl (C=O) groups excluding carboxylic acids is 2. The Kier molecular flexibility index (Phi) is 9.35. The quantitative estimate of drug-likeness (QED) is 0.377. The lowest BCUT2D eigenvalue weighted by molar-refractivity contribution is -0.117. The van der Waals surface area contributed by atoms with Gasteiger partial charge in [-0.3, -0.25) is 19.5 Å². The molecule has 3 aromatic rings. The predicted octanol–water partition coefficient (Wildman–Crippen LogP) is 5.25. The summed E-state index contributed by atoms with van der Waals surface area (Å²) in [7, 11) is 3.79. The minimum Gasteiger partial charge on any atom is -0.496 e. The van der Waals surface area contributed by atoms with Crippen molar-refractivity contribution < 1.29 is 14.3 Å². The first-order chi connectivity index (χ1) is 21.0. The zero-order valence-electron chi connectivity index (χ0n) is 25.3. The average Bonchev–Trinajstić information content (AvgIpc) is 3.73. The van der Waals surface area contributed by atoms with Crippen LogP contribution in [0.1, 0.15) is 55.3 Å². The molecule has 1 aromatic carbocycles. The van der Waals surface area contributed by atoms with Gasteiger partial charge in [0.25, 0.3) is 5.91 Å². The Morgan fingerprint density at radius 1 is 0.977 bits per heavy atom. The fourth-order valence-electron chi connectivity index (χ4n) is 6.70. The number of aromatic nitrogens is 2. The molecular weight excluding hydrogens is 560 g/mol. The van der Waals surface area contributed by atoms with E-state index in [1.165, 1.54) is 37.0 Å². The number of hydrogen-bond donors (Lipinski definition) is 1. The number of amides is 2. The number of likely N-dealkylation sites (tertiary alicyclic amines) is 1. The highest BCUT2D eigenvalue weighted by Gasteiger charge is 2.29. The lowest BCUT2D eigenvalue weighted by Crippen LogP contribution is -2.54. The van der Waals surface area contributed by atoms with Crippen LogP contribution >= 0.6 is 11.3 Å². The molecule has 2 saturated heterocycles. The zero-order chi connectivity index (χ0) is 29.8. The van der Waals surface area contributed by atoms with Gasteiger partial charge in [0.1, 0.15) is 5.75 Å². The van der Waals surface area contributed by atoms with Crippen molar-refractivity contribution in [3.05, 3.63) is 47.6 Å². The molecule has 10 heteroatoms. The Balaban J connectivity index is 1.10. The van der Waals surface area contributed by atoms with Gasteiger partial charge >= 0.3 is 0 Å². The van der Waals surface area contributed by atoms with Gasteiger partial charge in [-0.2, -0.15) is 0 Å². The van der Waals surface area contributed by atoms with Crippen LogP contribution in [-0.2, 0) is 4.79 Å². The maximum atomic E-state index is 13.5. The van der Waals surface area contributed by atoms with E-state index in [2.05, 4.69) is 27.1 Å². The highest BCUT2D eigenvalue weighted by Crippen LogP contribution is 2.33. The molecule has 228 valence electrons. The molecule has 1 aliphatic carbocycles. The van der Waals surface area contributed by atoms with Crippen LogP contribution < -0.4 is 10.1 Å². The summed E-state index contributed by atoms with van der Waals surface area (Å²) in [6, 6.07) is 8.22. The Hall–Kier alpha value is -3.34. The van der Waals surface area contributed by atoms with Crippen molar-refractivity contribution in [3.63, 3.8) is 0 Å². The molecule has 1 saturated carbocycles. The Bertz CT molecular complexity index is 1420. The van der Waals surface area contributed by atoms with Gasteiger partial charge in [-0.1, -0.05) is 18.9 Å². The molecule has 0 bridgehead atoms. The molecular formula is C33H42N6O3S. The number of ether oxygens (including phenoxy) is 1. The maximum absolute atomic E-state index is 13.5. The molecule has 2 amide bonds. The summed E-state index contributed by atoms with van der Waals surface area (Å²) in [4.78, 5) is 43.2. The highest BCUT2D eigenvalue weighted by atomic mass is 32.1. The first-order valence-electron chi connectivity index (χ1n) is 15.6. The van der Waals surface area contributed by atoms with Gasteiger partial charge in [-0.05, 0) is 69.9 Å². The lowest BCUT2D eigenvalue weighted by atomic mass is 10.0. The number of nitrogens with one attached hydrogen (secondary N) is 1. The molecule has 4 heterocycles. The van der Waals surface area contributed by atoms with Gasteiger partial charge in [0.15, 0.2) is 0 Å². The van der Waals surface area contributed by atoms with E-state index >= 15 is 0 Å². The summed E-state index contributed by atoms with van der Waals surface area (Å²) in [5.41, 5.74) is 3.63. The molecule has 0 atom stereocenters. The molecule has 0 spiro atoms. The van der Waals surface area contributed by atoms with Crippen molar-refractivity contribution in [1.29, 1.82) is 0 Å². The van der Waals surface area contributed by atoms with E-state index in [1.807, 2.05) is 34.5 Å². The van der Waals surface area contributed by atoms with E-state index in [9.17, 15) is 9.59 Å². The summed E-state index contributed by atoms with van der Waals surface area (Å²) in [6.07, 6.45) is 11.2. The number of benzene rings is 1. The van der Waals surface area contributed by atoms with E-state index in [4.69, 9.17) is 9.72 Å². The van der Waals surface area contributed by atoms with Crippen molar-refractivity contribution in [3.8, 4) is 27.6 Å². The molecule has 1 N–H and O–H groups in total. The number of carbonyl (C=O) groups is 2. The summed E-state index contributed by atoms with van der Waals surface area (Å²) in [5, 5.41) is 5.00. The van der Waals surface area contributed by atoms with Gasteiger partial charge in [0, 0.05) is 49.6 Å². The molecule has 0 radical (unpaired) electrons. The standard InChI is InChI=1S/C33H42N6O3S/c1-37-11-9-26(10-12-37)38-13-15-39(16-14-38)33(41)27-8-7-24(18-30(27)42-2)28-20-34-21-29(36-28)31-19-25(22-43-31)35-32(40)17-23-5-3-4-6-23/h7-8,18-23,26H,3-6,9-17H2,1-2H3,(H,35,40). The van der Waals surface area contributed by atoms with Crippen LogP contribution in [0.25, 0.3) is 21.8 Å². The number of rotatable bonds is 8. The fraction of sp³-hybridized carbons (Fsp3) is 0.515. The summed E-state index contributed by atoms with van der Waals surface area (Å²) in [5.74, 6) is 1.14. The van der Waals surface area contributed by atoms with Gasteiger partial charge in [0.2, 0.25) is 5.91 Å². The Morgan fingerprint density at radius 2 is 1.72 bits per heavy atom. The number of thiophene rings is 1. The van der Waals surface area contributed by atoms with Crippen molar-refractivity contribution in [1.82, 2.24) is 24.7 Å². The van der Waals surface area contributed by atoms with Crippen LogP contribution in [0, 0.1) is 5.92 Å². The smallest absolute Gasteiger partial charge is 0.257 e. The molecule has 9 nitrogen and oxygen atoms in total. The summed E-state index contributed by atoms with van der Waals surface area (Å²) < 4.78 is 5.70. The van der Waals surface area contributed by atoms with Gasteiger partial charge < -0.3 is 19.9 Å². The monoisotopic (exact) mass is 602 g/mol. The third-order valence-electron chi connectivity index (χ3n) is 9.25. The molecule has 3 fully saturated rings. The third-order valence-corrected chi connectivity index (χ3v) is 10.2. The number of hydrogen-bond acceptors (Lipinski definition) is 8. The SMILES string of the molecule is COc1cc(-c2cncc(-c3cc(NC(=O)CC4CCCC4)cs3)n2)ccc1C(=O)N1CCN(C2CCN(C)CC2)CC1. The maximum Gasteiger partial charge on any atom is 0.257 e. The predicted molar refractivity (Wildman–Crippen MR) is 171 cm³/mol. The Morgan fingerprint density at radius 3 is 2.47 bits per heavy atom. The molecule has 6 rings (SSSR count). The van der Waals surface area contributed by atoms with Gasteiger partial charge in [0.05, 0.1) is 47.0 Å². The van der Waals surface area contributed by atoms with Crippen molar-refractivity contribution in [2.24, 2.45) is 5.92 Å². The second kappa shape index (κ2) is 13.5.